The molecule has 1 aliphatic rings. The van der Waals surface area contributed by atoms with Gasteiger partial charge in [-0.25, -0.2) is 0 Å². The highest BCUT2D eigenvalue weighted by Gasteiger charge is 2.27. The molecule has 1 unspecified atom stereocenters. The van der Waals surface area contributed by atoms with Crippen LogP contribution in [0.2, 0.25) is 0 Å². The van der Waals surface area contributed by atoms with Gasteiger partial charge in [-0.3, -0.25) is 4.79 Å². The van der Waals surface area contributed by atoms with E-state index in [2.05, 4.69) is 58.9 Å². The molecule has 0 radical (unpaired) electrons. The first-order valence-electron chi connectivity index (χ1n) is 8.95. The molecule has 23 heavy (non-hydrogen) atoms. The molecule has 1 atom stereocenters. The Hall–Kier alpha value is -1.31. The van der Waals surface area contributed by atoms with Crippen LogP contribution in [0.25, 0.3) is 0 Å². The van der Waals surface area contributed by atoms with Gasteiger partial charge >= 0.3 is 0 Å². The van der Waals surface area contributed by atoms with Crippen molar-refractivity contribution in [1.29, 1.82) is 0 Å². The van der Waals surface area contributed by atoms with E-state index in [0.29, 0.717) is 12.5 Å². The van der Waals surface area contributed by atoms with Crippen molar-refractivity contribution >= 4 is 5.91 Å². The van der Waals surface area contributed by atoms with Crippen molar-refractivity contribution in [2.24, 2.45) is 0 Å². The zero-order valence-corrected chi connectivity index (χ0v) is 15.5. The van der Waals surface area contributed by atoms with Crippen molar-refractivity contribution in [1.82, 2.24) is 4.90 Å². The van der Waals surface area contributed by atoms with Crippen LogP contribution < -0.4 is 0 Å². The van der Waals surface area contributed by atoms with E-state index in [0.717, 1.165) is 19.4 Å². The first-order valence-corrected chi connectivity index (χ1v) is 8.95. The Bertz CT molecular complexity index is 412. The van der Waals surface area contributed by atoms with Gasteiger partial charge in [-0.05, 0) is 24.0 Å². The number of carbonyl (C=O) groups excluding carboxylic acids is 1. The van der Waals surface area contributed by atoms with E-state index in [1.54, 1.807) is 0 Å². The Morgan fingerprint density at radius 2 is 1.48 bits per heavy atom. The summed E-state index contributed by atoms with van der Waals surface area (Å²) in [4.78, 5) is 13.9. The lowest BCUT2D eigenvalue weighted by Crippen LogP contribution is -2.43. The fourth-order valence-electron chi connectivity index (χ4n) is 2.45. The van der Waals surface area contributed by atoms with E-state index in [9.17, 15) is 4.79 Å². The molecule has 0 N–H and O–H groups in total. The standard InChI is InChI=1S/C14H19NO.2C3H8.CH4/c1-3-13-9-11-7-5-6-8-12(11)10-15(13)14(16)4-2;2*1-3-2;/h5-8,13H,3-4,9-10H2,1-2H3;2*3H2,1-2H3;1H4. The van der Waals surface area contributed by atoms with Crippen LogP contribution in [0.15, 0.2) is 24.3 Å². The average Bonchev–Trinajstić information content (AvgIpc) is 2.54. The topological polar surface area (TPSA) is 20.3 Å². The fraction of sp³-hybridized carbons (Fsp3) is 0.667. The van der Waals surface area contributed by atoms with E-state index < -0.39 is 0 Å². The number of fused-ring (bicyclic) bond motifs is 1. The number of carbonyl (C=O) groups is 1. The van der Waals surface area contributed by atoms with Crippen molar-refractivity contribution in [3.63, 3.8) is 0 Å². The lowest BCUT2D eigenvalue weighted by molar-refractivity contribution is -0.134. The molecule has 0 aromatic heterocycles. The molecule has 0 saturated heterocycles. The number of rotatable bonds is 2. The summed E-state index contributed by atoms with van der Waals surface area (Å²) in [5.74, 6) is 0.279. The minimum Gasteiger partial charge on any atom is -0.335 e. The summed E-state index contributed by atoms with van der Waals surface area (Å²) in [7, 11) is 0. The van der Waals surface area contributed by atoms with Crippen molar-refractivity contribution in [2.75, 3.05) is 0 Å². The van der Waals surface area contributed by atoms with Gasteiger partial charge in [0.1, 0.15) is 0 Å². The molecule has 2 nitrogen and oxygen atoms in total. The molecule has 0 fully saturated rings. The lowest BCUT2D eigenvalue weighted by atomic mass is 9.92. The van der Waals surface area contributed by atoms with Crippen LogP contribution in [-0.4, -0.2) is 16.8 Å². The summed E-state index contributed by atoms with van der Waals surface area (Å²) in [5.41, 5.74) is 2.73. The van der Waals surface area contributed by atoms with Crippen molar-refractivity contribution < 1.29 is 4.79 Å². The van der Waals surface area contributed by atoms with Crippen molar-refractivity contribution in [3.05, 3.63) is 35.4 Å². The second-order valence-electron chi connectivity index (χ2n) is 5.82. The number of hydrogen-bond donors (Lipinski definition) is 0. The van der Waals surface area contributed by atoms with Gasteiger partial charge in [0.2, 0.25) is 5.91 Å². The van der Waals surface area contributed by atoms with Crippen LogP contribution in [0.1, 0.15) is 85.8 Å². The first kappa shape index (κ1) is 23.9. The minimum absolute atomic E-state index is 0. The molecular weight excluding hydrogens is 282 g/mol. The van der Waals surface area contributed by atoms with E-state index in [1.807, 2.05) is 11.8 Å². The highest BCUT2D eigenvalue weighted by Crippen LogP contribution is 2.25. The molecule has 1 amide bonds. The third-order valence-electron chi connectivity index (χ3n) is 3.45. The predicted octanol–water partition coefficient (Wildman–Crippen LogP) is 6.23. The molecule has 0 saturated carbocycles. The van der Waals surface area contributed by atoms with E-state index in [4.69, 9.17) is 0 Å². The molecule has 1 aromatic rings. The van der Waals surface area contributed by atoms with Crippen LogP contribution in [0.4, 0.5) is 0 Å². The second kappa shape index (κ2) is 14.3. The molecule has 1 aromatic carbocycles. The number of nitrogens with zero attached hydrogens (tertiary/aromatic N) is 1. The Morgan fingerprint density at radius 3 is 1.91 bits per heavy atom. The Labute approximate surface area is 145 Å². The van der Waals surface area contributed by atoms with Crippen molar-refractivity contribution in [2.45, 2.75) is 93.7 Å². The maximum Gasteiger partial charge on any atom is 0.222 e. The quantitative estimate of drug-likeness (QED) is 0.632. The van der Waals surface area contributed by atoms with Crippen LogP contribution in [0.3, 0.4) is 0 Å². The first-order chi connectivity index (χ1) is 10.6. The van der Waals surface area contributed by atoms with Crippen LogP contribution in [0.5, 0.6) is 0 Å². The van der Waals surface area contributed by atoms with Gasteiger partial charge < -0.3 is 4.90 Å². The van der Waals surface area contributed by atoms with Crippen LogP contribution >= 0.6 is 0 Å². The van der Waals surface area contributed by atoms with Crippen LogP contribution in [-0.2, 0) is 17.8 Å². The zero-order chi connectivity index (χ0) is 17.0. The van der Waals surface area contributed by atoms with E-state index in [1.165, 1.54) is 24.0 Å². The third-order valence-corrected chi connectivity index (χ3v) is 3.45. The van der Waals surface area contributed by atoms with Crippen molar-refractivity contribution in [3.8, 4) is 0 Å². The average molecular weight is 322 g/mol. The van der Waals surface area contributed by atoms with E-state index >= 15 is 0 Å². The molecule has 2 heteroatoms. The maximum absolute atomic E-state index is 11.9. The molecule has 1 aliphatic heterocycles. The normalized spacial score (nSPS) is 15.0. The summed E-state index contributed by atoms with van der Waals surface area (Å²) in [6, 6.07) is 8.85. The maximum atomic E-state index is 11.9. The molecular formula is C21H39NO. The molecule has 2 rings (SSSR count). The van der Waals surface area contributed by atoms with Gasteiger partial charge in [0, 0.05) is 19.0 Å². The Balaban J connectivity index is 0. The highest BCUT2D eigenvalue weighted by atomic mass is 16.2. The van der Waals surface area contributed by atoms with Gasteiger partial charge in [-0.1, -0.05) is 86.1 Å². The monoisotopic (exact) mass is 321 g/mol. The Morgan fingerprint density at radius 1 is 1.00 bits per heavy atom. The van der Waals surface area contributed by atoms with Gasteiger partial charge in [-0.15, -0.1) is 0 Å². The molecule has 0 bridgehead atoms. The third kappa shape index (κ3) is 8.20. The fourth-order valence-corrected chi connectivity index (χ4v) is 2.45. The largest absolute Gasteiger partial charge is 0.335 e. The smallest absolute Gasteiger partial charge is 0.222 e. The second-order valence-corrected chi connectivity index (χ2v) is 5.82. The summed E-state index contributed by atoms with van der Waals surface area (Å²) in [6.07, 6.45) is 5.16. The lowest BCUT2D eigenvalue weighted by Gasteiger charge is -2.36. The summed E-state index contributed by atoms with van der Waals surface area (Å²) in [6.45, 7) is 13.4. The molecule has 134 valence electrons. The molecule has 0 aliphatic carbocycles. The van der Waals surface area contributed by atoms with E-state index in [-0.39, 0.29) is 13.3 Å². The molecule has 0 spiro atoms. The zero-order valence-electron chi connectivity index (χ0n) is 15.5. The van der Waals surface area contributed by atoms with Gasteiger partial charge in [0.05, 0.1) is 0 Å². The van der Waals surface area contributed by atoms with Gasteiger partial charge in [0.15, 0.2) is 0 Å². The number of amides is 1. The summed E-state index contributed by atoms with van der Waals surface area (Å²) < 4.78 is 0. The predicted molar refractivity (Wildman–Crippen MR) is 104 cm³/mol. The van der Waals surface area contributed by atoms with Gasteiger partial charge in [0.25, 0.3) is 0 Å². The minimum atomic E-state index is 0. The number of hydrogen-bond acceptors (Lipinski definition) is 1. The Kier molecular flexibility index (Phi) is 14.9. The molecule has 1 heterocycles. The van der Waals surface area contributed by atoms with Crippen LogP contribution in [0, 0.1) is 0 Å². The highest BCUT2D eigenvalue weighted by molar-refractivity contribution is 5.76. The SMILES string of the molecule is C.CCC.CCC.CCC(=O)N1Cc2ccccc2CC1CC. The summed E-state index contributed by atoms with van der Waals surface area (Å²) in [5, 5.41) is 0. The summed E-state index contributed by atoms with van der Waals surface area (Å²) >= 11 is 0. The van der Waals surface area contributed by atoms with Gasteiger partial charge in [-0.2, -0.15) is 0 Å². The number of benzene rings is 1.